The Hall–Kier alpha value is -4.81. The largest absolute Gasteiger partial charge is 0.309 e. The van der Waals surface area contributed by atoms with Gasteiger partial charge in [0.15, 0.2) is 5.82 Å². The Kier molecular flexibility index (Phi) is 7.80. The Labute approximate surface area is 208 Å². The zero-order valence-electron chi connectivity index (χ0n) is 19.8. The molecule has 0 spiro atoms. The van der Waals surface area contributed by atoms with Gasteiger partial charge in [-0.3, -0.25) is 9.59 Å². The summed E-state index contributed by atoms with van der Waals surface area (Å²) in [6.45, 7) is 2.01. The van der Waals surface area contributed by atoms with Crippen LogP contribution in [0.15, 0.2) is 90.2 Å². The average molecular weight is 477 g/mol. The molecule has 178 valence electrons. The van der Waals surface area contributed by atoms with Crippen molar-refractivity contribution >= 4 is 17.6 Å². The van der Waals surface area contributed by atoms with Crippen molar-refractivity contribution in [1.82, 2.24) is 9.97 Å². The van der Waals surface area contributed by atoms with E-state index in [2.05, 4.69) is 20.3 Å². The van der Waals surface area contributed by atoms with Crippen LogP contribution in [0.25, 0.3) is 21.7 Å². The minimum Gasteiger partial charge on any atom is -0.309 e. The molecule has 8 nitrogen and oxygen atoms in total. The van der Waals surface area contributed by atoms with Crippen LogP contribution in [0.2, 0.25) is 0 Å². The van der Waals surface area contributed by atoms with Crippen molar-refractivity contribution in [3.63, 3.8) is 0 Å². The van der Waals surface area contributed by atoms with Gasteiger partial charge in [0, 0.05) is 16.0 Å². The number of benzene rings is 3. The van der Waals surface area contributed by atoms with Gasteiger partial charge in [-0.1, -0.05) is 84.4 Å². The Bertz CT molecular complexity index is 1410. The van der Waals surface area contributed by atoms with Crippen LogP contribution in [0.3, 0.4) is 0 Å². The van der Waals surface area contributed by atoms with E-state index in [9.17, 15) is 9.59 Å². The standard InChI is InChI=1S/C28H24N6O2/c1-19-7-9-21(10-8-19)17-26(35)32-27-24(16-11-20-5-3-2-4-6-20)31-25(18-30-27)22-12-14-23(15-13-22)28(36)33-34-29/h2-10,12-15,18H,11,16-17H2,1H3,(H,30,32,35). The second-order valence-electron chi connectivity index (χ2n) is 8.32. The van der Waals surface area contributed by atoms with Gasteiger partial charge in [-0.05, 0) is 41.5 Å². The van der Waals surface area contributed by atoms with Crippen molar-refractivity contribution in [2.45, 2.75) is 26.2 Å². The van der Waals surface area contributed by atoms with Gasteiger partial charge < -0.3 is 5.32 Å². The molecule has 4 rings (SSSR count). The van der Waals surface area contributed by atoms with E-state index in [1.807, 2.05) is 61.5 Å². The van der Waals surface area contributed by atoms with E-state index in [1.165, 1.54) is 0 Å². The van der Waals surface area contributed by atoms with E-state index in [0.29, 0.717) is 23.6 Å². The molecule has 0 fully saturated rings. The number of amides is 2. The number of rotatable bonds is 8. The van der Waals surface area contributed by atoms with Crippen LogP contribution in [0, 0.1) is 6.92 Å². The van der Waals surface area contributed by atoms with E-state index in [-0.39, 0.29) is 17.9 Å². The zero-order chi connectivity index (χ0) is 25.3. The summed E-state index contributed by atoms with van der Waals surface area (Å²) in [5.74, 6) is -0.380. The quantitative estimate of drug-likeness (QED) is 0.194. The molecule has 0 radical (unpaired) electrons. The molecule has 3 aromatic carbocycles. The van der Waals surface area contributed by atoms with Crippen LogP contribution in [0.5, 0.6) is 0 Å². The molecule has 0 aliphatic carbocycles. The maximum atomic E-state index is 12.8. The van der Waals surface area contributed by atoms with Gasteiger partial charge in [-0.15, -0.1) is 0 Å². The Morgan fingerprint density at radius 1 is 0.917 bits per heavy atom. The summed E-state index contributed by atoms with van der Waals surface area (Å²) < 4.78 is 0. The van der Waals surface area contributed by atoms with Gasteiger partial charge >= 0.3 is 0 Å². The third-order valence-corrected chi connectivity index (χ3v) is 5.64. The first-order valence-corrected chi connectivity index (χ1v) is 11.5. The number of anilines is 1. The molecule has 0 unspecified atom stereocenters. The molecule has 4 aromatic rings. The molecule has 0 saturated carbocycles. The number of carbonyl (C=O) groups excluding carboxylic acids is 2. The van der Waals surface area contributed by atoms with E-state index in [0.717, 1.165) is 28.7 Å². The summed E-state index contributed by atoms with van der Waals surface area (Å²) in [7, 11) is 0. The first-order valence-electron chi connectivity index (χ1n) is 11.5. The summed E-state index contributed by atoms with van der Waals surface area (Å²) in [5.41, 5.74) is 14.0. The summed E-state index contributed by atoms with van der Waals surface area (Å²) >= 11 is 0. The molecule has 0 bridgehead atoms. The van der Waals surface area contributed by atoms with E-state index in [4.69, 9.17) is 10.5 Å². The molecule has 36 heavy (non-hydrogen) atoms. The van der Waals surface area contributed by atoms with E-state index < -0.39 is 5.91 Å². The van der Waals surface area contributed by atoms with Crippen molar-refractivity contribution in [3.05, 3.63) is 123 Å². The fourth-order valence-corrected chi connectivity index (χ4v) is 3.70. The first-order chi connectivity index (χ1) is 17.5. The number of aromatic nitrogens is 2. The van der Waals surface area contributed by atoms with Crippen LogP contribution < -0.4 is 5.32 Å². The third-order valence-electron chi connectivity index (χ3n) is 5.64. The maximum Gasteiger partial charge on any atom is 0.249 e. The maximum absolute atomic E-state index is 12.8. The highest BCUT2D eigenvalue weighted by atomic mass is 16.2. The normalized spacial score (nSPS) is 10.4. The number of hydrogen-bond acceptors (Lipinski definition) is 4. The van der Waals surface area contributed by atoms with Crippen LogP contribution >= 0.6 is 0 Å². The van der Waals surface area contributed by atoms with Crippen molar-refractivity contribution in [2.75, 3.05) is 5.32 Å². The van der Waals surface area contributed by atoms with Crippen molar-refractivity contribution < 1.29 is 9.59 Å². The molecule has 0 atom stereocenters. The fraction of sp³-hybridized carbons (Fsp3) is 0.143. The molecule has 1 aromatic heterocycles. The molecule has 0 saturated heterocycles. The summed E-state index contributed by atoms with van der Waals surface area (Å²) in [6, 6.07) is 24.5. The topological polar surface area (TPSA) is 121 Å². The van der Waals surface area contributed by atoms with Crippen molar-refractivity contribution in [1.29, 1.82) is 0 Å². The average Bonchev–Trinajstić information content (AvgIpc) is 2.90. The Morgan fingerprint density at radius 2 is 1.64 bits per heavy atom. The SMILES string of the molecule is Cc1ccc(CC(=O)Nc2ncc(-c3ccc(C(=O)N=[N+]=[N-])cc3)nc2CCc2ccccc2)cc1. The van der Waals surface area contributed by atoms with Gasteiger partial charge in [0.05, 0.1) is 24.0 Å². The predicted molar refractivity (Wildman–Crippen MR) is 138 cm³/mol. The zero-order valence-corrected chi connectivity index (χ0v) is 19.8. The van der Waals surface area contributed by atoms with Crippen molar-refractivity contribution in [2.24, 2.45) is 5.11 Å². The predicted octanol–water partition coefficient (Wildman–Crippen LogP) is 5.87. The highest BCUT2D eigenvalue weighted by molar-refractivity contribution is 5.95. The molecular formula is C28H24N6O2. The van der Waals surface area contributed by atoms with Crippen LogP contribution in [-0.4, -0.2) is 21.8 Å². The highest BCUT2D eigenvalue weighted by Gasteiger charge is 2.14. The molecular weight excluding hydrogens is 452 g/mol. The van der Waals surface area contributed by atoms with Gasteiger partial charge in [-0.25, -0.2) is 9.97 Å². The number of hydrogen-bond donors (Lipinski definition) is 1. The van der Waals surface area contributed by atoms with Crippen LogP contribution in [-0.2, 0) is 24.1 Å². The second kappa shape index (κ2) is 11.6. The number of nitrogens with zero attached hydrogens (tertiary/aromatic N) is 5. The monoisotopic (exact) mass is 476 g/mol. The Morgan fingerprint density at radius 3 is 2.33 bits per heavy atom. The third kappa shape index (κ3) is 6.40. The van der Waals surface area contributed by atoms with Gasteiger partial charge in [-0.2, -0.15) is 0 Å². The smallest absolute Gasteiger partial charge is 0.249 e. The van der Waals surface area contributed by atoms with E-state index in [1.54, 1.807) is 30.5 Å². The lowest BCUT2D eigenvalue weighted by Gasteiger charge is -2.12. The first kappa shape index (κ1) is 24.3. The minimum atomic E-state index is -0.648. The van der Waals surface area contributed by atoms with Gasteiger partial charge in [0.25, 0.3) is 0 Å². The molecule has 0 aliphatic heterocycles. The lowest BCUT2D eigenvalue weighted by molar-refractivity contribution is -0.115. The molecule has 1 heterocycles. The van der Waals surface area contributed by atoms with Gasteiger partial charge in [0.2, 0.25) is 11.8 Å². The number of aryl methyl sites for hydroxylation is 3. The second-order valence-corrected chi connectivity index (χ2v) is 8.32. The van der Waals surface area contributed by atoms with Crippen LogP contribution in [0.4, 0.5) is 5.82 Å². The van der Waals surface area contributed by atoms with E-state index >= 15 is 0 Å². The highest BCUT2D eigenvalue weighted by Crippen LogP contribution is 2.22. The van der Waals surface area contributed by atoms with Crippen LogP contribution in [0.1, 0.15) is 32.7 Å². The number of nitrogens with one attached hydrogen (secondary N) is 1. The lowest BCUT2D eigenvalue weighted by atomic mass is 10.1. The summed E-state index contributed by atoms with van der Waals surface area (Å²) in [4.78, 5) is 36.4. The molecule has 2 amide bonds. The molecule has 1 N–H and O–H groups in total. The number of azide groups is 1. The summed E-state index contributed by atoms with van der Waals surface area (Å²) in [5, 5.41) is 6.03. The minimum absolute atomic E-state index is 0.164. The fourth-order valence-electron chi connectivity index (χ4n) is 3.70. The molecule has 0 aliphatic rings. The Balaban J connectivity index is 1.57. The summed E-state index contributed by atoms with van der Waals surface area (Å²) in [6.07, 6.45) is 3.15. The number of carbonyl (C=O) groups is 2. The van der Waals surface area contributed by atoms with Gasteiger partial charge in [0.1, 0.15) is 0 Å². The lowest BCUT2D eigenvalue weighted by Crippen LogP contribution is -2.17. The van der Waals surface area contributed by atoms with Crippen molar-refractivity contribution in [3.8, 4) is 11.3 Å². The molecule has 8 heteroatoms.